The molecule has 0 amide bonds. The van der Waals surface area contributed by atoms with E-state index in [0.717, 1.165) is 12.0 Å². The highest BCUT2D eigenvalue weighted by atomic mass is 14.9. The molecule has 84 valence electrons. The maximum atomic E-state index is 3.57. The molecule has 0 radical (unpaired) electrons. The van der Waals surface area contributed by atoms with Crippen LogP contribution in [0, 0.1) is 5.92 Å². The first-order valence-corrected chi connectivity index (χ1v) is 6.21. The molecule has 2 nitrogen and oxygen atoms in total. The zero-order valence-corrected chi connectivity index (χ0v) is 9.81. The summed E-state index contributed by atoms with van der Waals surface area (Å²) in [7, 11) is 2.03. The standard InChI is InChI=1S/C12H26N2/c1-11(5-3-9-13-2)6-4-10-14-12-7-8-12/h11-14H,3-10H2,1-2H3. The minimum absolute atomic E-state index is 0.884. The van der Waals surface area contributed by atoms with E-state index < -0.39 is 0 Å². The fourth-order valence-electron chi connectivity index (χ4n) is 1.82. The van der Waals surface area contributed by atoms with Crippen molar-refractivity contribution in [3.8, 4) is 0 Å². The van der Waals surface area contributed by atoms with Gasteiger partial charge in [-0.3, -0.25) is 0 Å². The molecule has 0 bridgehead atoms. The van der Waals surface area contributed by atoms with Gasteiger partial charge in [-0.05, 0) is 64.6 Å². The van der Waals surface area contributed by atoms with Crippen LogP contribution in [-0.4, -0.2) is 26.2 Å². The quantitative estimate of drug-likeness (QED) is 0.555. The van der Waals surface area contributed by atoms with Crippen LogP contribution in [0.3, 0.4) is 0 Å². The van der Waals surface area contributed by atoms with Gasteiger partial charge in [-0.15, -0.1) is 0 Å². The fraction of sp³-hybridized carbons (Fsp3) is 1.00. The Labute approximate surface area is 88.8 Å². The van der Waals surface area contributed by atoms with Crippen molar-refractivity contribution in [3.05, 3.63) is 0 Å². The molecule has 0 aromatic carbocycles. The highest BCUT2D eigenvalue weighted by Gasteiger charge is 2.19. The first kappa shape index (κ1) is 12.0. The Morgan fingerprint density at radius 3 is 2.36 bits per heavy atom. The Hall–Kier alpha value is -0.0800. The highest BCUT2D eigenvalue weighted by Crippen LogP contribution is 2.19. The molecule has 0 aliphatic heterocycles. The summed E-state index contributed by atoms with van der Waals surface area (Å²) >= 11 is 0. The van der Waals surface area contributed by atoms with Crippen molar-refractivity contribution < 1.29 is 0 Å². The maximum Gasteiger partial charge on any atom is 0.00682 e. The fourth-order valence-corrected chi connectivity index (χ4v) is 1.82. The average Bonchev–Trinajstić information content (AvgIpc) is 2.97. The summed E-state index contributed by atoms with van der Waals surface area (Å²) in [5.41, 5.74) is 0. The van der Waals surface area contributed by atoms with Gasteiger partial charge >= 0.3 is 0 Å². The van der Waals surface area contributed by atoms with Crippen LogP contribution in [0.15, 0.2) is 0 Å². The van der Waals surface area contributed by atoms with Crippen LogP contribution in [0.5, 0.6) is 0 Å². The second-order valence-corrected chi connectivity index (χ2v) is 4.72. The Balaban J connectivity index is 1.78. The highest BCUT2D eigenvalue weighted by molar-refractivity contribution is 4.80. The van der Waals surface area contributed by atoms with Gasteiger partial charge in [0.05, 0.1) is 0 Å². The Morgan fingerprint density at radius 1 is 1.14 bits per heavy atom. The second-order valence-electron chi connectivity index (χ2n) is 4.72. The monoisotopic (exact) mass is 198 g/mol. The lowest BCUT2D eigenvalue weighted by Crippen LogP contribution is -2.18. The molecule has 0 spiro atoms. The summed E-state index contributed by atoms with van der Waals surface area (Å²) in [6.45, 7) is 4.79. The molecular formula is C12H26N2. The van der Waals surface area contributed by atoms with E-state index >= 15 is 0 Å². The Morgan fingerprint density at radius 2 is 1.79 bits per heavy atom. The van der Waals surface area contributed by atoms with E-state index in [0.29, 0.717) is 0 Å². The molecule has 0 saturated heterocycles. The lowest BCUT2D eigenvalue weighted by molar-refractivity contribution is 0.446. The SMILES string of the molecule is CNCCCC(C)CCCNC1CC1. The molecule has 0 aromatic heterocycles. The molecule has 1 unspecified atom stereocenters. The minimum atomic E-state index is 0.884. The van der Waals surface area contributed by atoms with Gasteiger partial charge in [0.25, 0.3) is 0 Å². The van der Waals surface area contributed by atoms with Crippen LogP contribution in [0.1, 0.15) is 45.4 Å². The average molecular weight is 198 g/mol. The van der Waals surface area contributed by atoms with Gasteiger partial charge in [0.1, 0.15) is 0 Å². The van der Waals surface area contributed by atoms with Gasteiger partial charge in [0.15, 0.2) is 0 Å². The molecular weight excluding hydrogens is 172 g/mol. The van der Waals surface area contributed by atoms with E-state index in [1.807, 2.05) is 7.05 Å². The Bertz CT molecular complexity index is 132. The summed E-state index contributed by atoms with van der Waals surface area (Å²) in [5, 5.41) is 6.77. The molecule has 1 aliphatic rings. The number of hydrogen-bond acceptors (Lipinski definition) is 2. The second kappa shape index (κ2) is 7.24. The predicted molar refractivity (Wildman–Crippen MR) is 62.6 cm³/mol. The van der Waals surface area contributed by atoms with E-state index in [4.69, 9.17) is 0 Å². The zero-order chi connectivity index (χ0) is 10.2. The van der Waals surface area contributed by atoms with Crippen molar-refractivity contribution in [3.63, 3.8) is 0 Å². The summed E-state index contributed by atoms with van der Waals surface area (Å²) in [6, 6.07) is 0.884. The van der Waals surface area contributed by atoms with Crippen LogP contribution >= 0.6 is 0 Å². The van der Waals surface area contributed by atoms with Crippen LogP contribution in [0.4, 0.5) is 0 Å². The van der Waals surface area contributed by atoms with Crippen molar-refractivity contribution in [2.45, 2.75) is 51.5 Å². The normalized spacial score (nSPS) is 18.4. The van der Waals surface area contributed by atoms with Crippen molar-refractivity contribution in [2.24, 2.45) is 5.92 Å². The van der Waals surface area contributed by atoms with E-state index in [1.54, 1.807) is 0 Å². The van der Waals surface area contributed by atoms with Gasteiger partial charge in [0, 0.05) is 6.04 Å². The van der Waals surface area contributed by atoms with Crippen LogP contribution in [0.25, 0.3) is 0 Å². The number of nitrogens with one attached hydrogen (secondary N) is 2. The molecule has 1 aliphatic carbocycles. The number of hydrogen-bond donors (Lipinski definition) is 2. The summed E-state index contributed by atoms with van der Waals surface area (Å²) < 4.78 is 0. The van der Waals surface area contributed by atoms with E-state index in [-0.39, 0.29) is 0 Å². The largest absolute Gasteiger partial charge is 0.320 e. The van der Waals surface area contributed by atoms with Crippen molar-refractivity contribution in [1.29, 1.82) is 0 Å². The molecule has 14 heavy (non-hydrogen) atoms. The third kappa shape index (κ3) is 6.39. The van der Waals surface area contributed by atoms with E-state index in [2.05, 4.69) is 17.6 Å². The summed E-state index contributed by atoms with van der Waals surface area (Å²) in [4.78, 5) is 0. The van der Waals surface area contributed by atoms with Gasteiger partial charge in [-0.1, -0.05) is 6.92 Å². The van der Waals surface area contributed by atoms with Crippen molar-refractivity contribution in [2.75, 3.05) is 20.1 Å². The van der Waals surface area contributed by atoms with Crippen LogP contribution in [0.2, 0.25) is 0 Å². The van der Waals surface area contributed by atoms with Gasteiger partial charge in [0.2, 0.25) is 0 Å². The Kier molecular flexibility index (Phi) is 6.20. The third-order valence-electron chi connectivity index (χ3n) is 3.01. The molecule has 1 atom stereocenters. The first-order chi connectivity index (χ1) is 6.83. The minimum Gasteiger partial charge on any atom is -0.320 e. The van der Waals surface area contributed by atoms with Gasteiger partial charge < -0.3 is 10.6 Å². The zero-order valence-electron chi connectivity index (χ0n) is 9.81. The lowest BCUT2D eigenvalue weighted by atomic mass is 10.00. The van der Waals surface area contributed by atoms with Gasteiger partial charge in [-0.2, -0.15) is 0 Å². The molecule has 1 saturated carbocycles. The third-order valence-corrected chi connectivity index (χ3v) is 3.01. The molecule has 1 fully saturated rings. The van der Waals surface area contributed by atoms with Crippen LogP contribution < -0.4 is 10.6 Å². The van der Waals surface area contributed by atoms with E-state index in [9.17, 15) is 0 Å². The smallest absolute Gasteiger partial charge is 0.00682 e. The predicted octanol–water partition coefficient (Wildman–Crippen LogP) is 2.15. The summed E-state index contributed by atoms with van der Waals surface area (Å²) in [5.74, 6) is 0.907. The number of rotatable bonds is 9. The summed E-state index contributed by atoms with van der Waals surface area (Å²) in [6.07, 6.45) is 8.29. The maximum absolute atomic E-state index is 3.57. The van der Waals surface area contributed by atoms with Crippen LogP contribution in [-0.2, 0) is 0 Å². The molecule has 2 N–H and O–H groups in total. The van der Waals surface area contributed by atoms with Crippen molar-refractivity contribution in [1.82, 2.24) is 10.6 Å². The molecule has 2 heteroatoms. The molecule has 0 heterocycles. The van der Waals surface area contributed by atoms with E-state index in [1.165, 1.54) is 51.6 Å². The first-order valence-electron chi connectivity index (χ1n) is 6.21. The molecule has 0 aromatic rings. The topological polar surface area (TPSA) is 24.1 Å². The molecule has 1 rings (SSSR count). The van der Waals surface area contributed by atoms with Crippen molar-refractivity contribution >= 4 is 0 Å². The van der Waals surface area contributed by atoms with Gasteiger partial charge in [-0.25, -0.2) is 0 Å². The lowest BCUT2D eigenvalue weighted by Gasteiger charge is -2.11.